The number of nitrogens with zero attached hydrogens (tertiary/aromatic N) is 2. The van der Waals surface area contributed by atoms with Gasteiger partial charge in [0.15, 0.2) is 0 Å². The summed E-state index contributed by atoms with van der Waals surface area (Å²) >= 11 is 1.83. The van der Waals surface area contributed by atoms with Gasteiger partial charge >= 0.3 is 0 Å². The van der Waals surface area contributed by atoms with Crippen LogP contribution in [0.5, 0.6) is 0 Å². The second-order valence-electron chi connectivity index (χ2n) is 6.12. The normalized spacial score (nSPS) is 26.6. The summed E-state index contributed by atoms with van der Waals surface area (Å²) in [4.78, 5) is 4.00. The molecule has 0 aliphatic carbocycles. The van der Waals surface area contributed by atoms with Gasteiger partial charge in [0.1, 0.15) is 0 Å². The Hall–Kier alpha value is -0.430. The van der Waals surface area contributed by atoms with Gasteiger partial charge in [-0.15, -0.1) is 11.3 Å². The number of hydrogen-bond acceptors (Lipinski definition) is 4. The highest BCUT2D eigenvalue weighted by Crippen LogP contribution is 2.40. The van der Waals surface area contributed by atoms with Crippen molar-refractivity contribution in [2.45, 2.75) is 44.7 Å². The van der Waals surface area contributed by atoms with E-state index in [1.165, 1.54) is 10.4 Å². The molecule has 6 heteroatoms. The van der Waals surface area contributed by atoms with Crippen LogP contribution in [0.15, 0.2) is 11.4 Å². The minimum absolute atomic E-state index is 0.149. The molecule has 3 heterocycles. The first-order chi connectivity index (χ1) is 10.0. The van der Waals surface area contributed by atoms with Gasteiger partial charge in [0.05, 0.1) is 5.75 Å². The molecule has 1 saturated heterocycles. The molecule has 2 atom stereocenters. The molecule has 1 aromatic rings. The first kappa shape index (κ1) is 15.5. The van der Waals surface area contributed by atoms with E-state index in [4.69, 9.17) is 0 Å². The third-order valence-corrected chi connectivity index (χ3v) is 8.01. The van der Waals surface area contributed by atoms with Crippen LogP contribution in [0.2, 0.25) is 0 Å². The number of hydrogen-bond donors (Lipinski definition) is 0. The molecule has 0 bridgehead atoms. The van der Waals surface area contributed by atoms with E-state index in [1.807, 2.05) is 18.3 Å². The molecule has 118 valence electrons. The van der Waals surface area contributed by atoms with Crippen molar-refractivity contribution in [3.8, 4) is 0 Å². The van der Waals surface area contributed by atoms with Crippen molar-refractivity contribution in [1.29, 1.82) is 0 Å². The Kier molecular flexibility index (Phi) is 4.41. The topological polar surface area (TPSA) is 40.6 Å². The molecule has 0 saturated carbocycles. The summed E-state index contributed by atoms with van der Waals surface area (Å²) in [5, 5.41) is 2.18. The molecule has 4 nitrogen and oxygen atoms in total. The van der Waals surface area contributed by atoms with Gasteiger partial charge in [0.2, 0.25) is 10.0 Å². The molecular formula is C15H24N2O2S2. The van der Waals surface area contributed by atoms with E-state index < -0.39 is 10.0 Å². The zero-order valence-corrected chi connectivity index (χ0v) is 14.4. The monoisotopic (exact) mass is 328 g/mol. The average molecular weight is 329 g/mol. The fourth-order valence-electron chi connectivity index (χ4n) is 3.61. The SMILES string of the molecule is CCCS(=O)(=O)N(C)C1CCN2CCc3ccsc3C2C1. The van der Waals surface area contributed by atoms with Crippen LogP contribution in [0.4, 0.5) is 0 Å². The molecule has 2 aliphatic rings. The number of rotatable bonds is 4. The van der Waals surface area contributed by atoms with Crippen molar-refractivity contribution in [2.75, 3.05) is 25.9 Å². The minimum atomic E-state index is -3.09. The van der Waals surface area contributed by atoms with Crippen molar-refractivity contribution < 1.29 is 8.42 Å². The van der Waals surface area contributed by atoms with E-state index in [2.05, 4.69) is 16.3 Å². The Morgan fingerprint density at radius 2 is 2.24 bits per heavy atom. The van der Waals surface area contributed by atoms with Crippen molar-refractivity contribution in [3.63, 3.8) is 0 Å². The van der Waals surface area contributed by atoms with Crippen molar-refractivity contribution in [3.05, 3.63) is 21.9 Å². The van der Waals surface area contributed by atoms with E-state index in [0.717, 1.165) is 32.4 Å². The zero-order chi connectivity index (χ0) is 15.0. The molecular weight excluding hydrogens is 304 g/mol. The maximum Gasteiger partial charge on any atom is 0.214 e. The fraction of sp³-hybridized carbons (Fsp3) is 0.733. The molecule has 21 heavy (non-hydrogen) atoms. The number of fused-ring (bicyclic) bond motifs is 3. The van der Waals surface area contributed by atoms with Gasteiger partial charge in [-0.3, -0.25) is 4.90 Å². The molecule has 0 aromatic carbocycles. The van der Waals surface area contributed by atoms with Gasteiger partial charge in [-0.1, -0.05) is 6.92 Å². The van der Waals surface area contributed by atoms with Crippen molar-refractivity contribution in [2.24, 2.45) is 0 Å². The van der Waals surface area contributed by atoms with Crippen molar-refractivity contribution >= 4 is 21.4 Å². The van der Waals surface area contributed by atoms with E-state index in [9.17, 15) is 8.42 Å². The zero-order valence-electron chi connectivity index (χ0n) is 12.8. The quantitative estimate of drug-likeness (QED) is 0.852. The Balaban J connectivity index is 1.78. The highest BCUT2D eigenvalue weighted by molar-refractivity contribution is 7.89. The van der Waals surface area contributed by atoms with Gasteiger partial charge in [-0.25, -0.2) is 12.7 Å². The standard InChI is InChI=1S/C15H24N2O2S2/c1-3-10-21(18,19)16(2)13-5-8-17-7-4-12-6-9-20-15(12)14(17)11-13/h6,9,13-14H,3-5,7-8,10-11H2,1-2H3. The average Bonchev–Trinajstić information content (AvgIpc) is 2.94. The summed E-state index contributed by atoms with van der Waals surface area (Å²) in [5.74, 6) is 0.263. The van der Waals surface area contributed by atoms with Crippen LogP contribution in [0.25, 0.3) is 0 Å². The molecule has 2 unspecified atom stereocenters. The second kappa shape index (κ2) is 5.99. The van der Waals surface area contributed by atoms with Crippen LogP contribution in [0, 0.1) is 0 Å². The van der Waals surface area contributed by atoms with Crippen LogP contribution in [0.3, 0.4) is 0 Å². The van der Waals surface area contributed by atoms with E-state index >= 15 is 0 Å². The summed E-state index contributed by atoms with van der Waals surface area (Å²) < 4.78 is 26.2. The van der Waals surface area contributed by atoms with Crippen LogP contribution in [-0.4, -0.2) is 49.6 Å². The first-order valence-corrected chi connectivity index (χ1v) is 10.3. The maximum absolute atomic E-state index is 12.3. The molecule has 0 spiro atoms. The summed E-state index contributed by atoms with van der Waals surface area (Å²) in [5.41, 5.74) is 1.47. The molecule has 3 rings (SSSR count). The van der Waals surface area contributed by atoms with Crippen molar-refractivity contribution in [1.82, 2.24) is 9.21 Å². The molecule has 0 N–H and O–H groups in total. The summed E-state index contributed by atoms with van der Waals surface area (Å²) in [6.45, 7) is 4.05. The lowest BCUT2D eigenvalue weighted by atomic mass is 9.90. The lowest BCUT2D eigenvalue weighted by molar-refractivity contribution is 0.0996. The van der Waals surface area contributed by atoms with Crippen LogP contribution < -0.4 is 0 Å². The van der Waals surface area contributed by atoms with Gasteiger partial charge in [0, 0.05) is 37.1 Å². The van der Waals surface area contributed by atoms with Crippen LogP contribution in [0.1, 0.15) is 42.7 Å². The highest BCUT2D eigenvalue weighted by Gasteiger charge is 2.37. The van der Waals surface area contributed by atoms with E-state index in [1.54, 1.807) is 11.4 Å². The van der Waals surface area contributed by atoms with E-state index in [0.29, 0.717) is 12.5 Å². The third-order valence-electron chi connectivity index (χ3n) is 4.85. The predicted octanol–water partition coefficient (Wildman–Crippen LogP) is 2.48. The number of piperidine rings is 1. The molecule has 1 fully saturated rings. The number of thiophene rings is 1. The smallest absolute Gasteiger partial charge is 0.214 e. The predicted molar refractivity (Wildman–Crippen MR) is 87.2 cm³/mol. The molecule has 2 aliphatic heterocycles. The van der Waals surface area contributed by atoms with Crippen LogP contribution >= 0.6 is 11.3 Å². The van der Waals surface area contributed by atoms with E-state index in [-0.39, 0.29) is 11.8 Å². The Bertz CT molecular complexity index is 597. The Morgan fingerprint density at radius 1 is 1.43 bits per heavy atom. The highest BCUT2D eigenvalue weighted by atomic mass is 32.2. The minimum Gasteiger partial charge on any atom is -0.295 e. The maximum atomic E-state index is 12.3. The lowest BCUT2D eigenvalue weighted by Gasteiger charge is -2.44. The van der Waals surface area contributed by atoms with Gasteiger partial charge in [-0.2, -0.15) is 0 Å². The molecule has 1 aromatic heterocycles. The molecule has 0 amide bonds. The summed E-state index contributed by atoms with van der Waals surface area (Å²) in [7, 11) is -1.33. The van der Waals surface area contributed by atoms with Gasteiger partial charge < -0.3 is 0 Å². The number of sulfonamides is 1. The summed E-state index contributed by atoms with van der Waals surface area (Å²) in [6.07, 6.45) is 3.72. The fourth-order valence-corrected chi connectivity index (χ4v) is 6.16. The second-order valence-corrected chi connectivity index (χ2v) is 9.22. The van der Waals surface area contributed by atoms with Gasteiger partial charge in [-0.05, 0) is 42.7 Å². The molecule has 0 radical (unpaired) electrons. The van der Waals surface area contributed by atoms with Crippen LogP contribution in [-0.2, 0) is 16.4 Å². The lowest BCUT2D eigenvalue weighted by Crippen LogP contribution is -2.48. The summed E-state index contributed by atoms with van der Waals surface area (Å²) in [6, 6.07) is 2.81. The Labute approximate surface area is 131 Å². The Morgan fingerprint density at radius 3 is 3.00 bits per heavy atom. The third kappa shape index (κ3) is 2.91. The van der Waals surface area contributed by atoms with Gasteiger partial charge in [0.25, 0.3) is 0 Å². The largest absolute Gasteiger partial charge is 0.295 e. The first-order valence-electron chi connectivity index (χ1n) is 7.79.